The number of halogens is 2. The molecule has 0 aliphatic heterocycles. The highest BCUT2D eigenvalue weighted by Gasteiger charge is 2.06. The average Bonchev–Trinajstić information content (AvgIpc) is 2.57. The van der Waals surface area contributed by atoms with Crippen LogP contribution in [0.3, 0.4) is 0 Å². The molecule has 0 bridgehead atoms. The number of aromatic nitrogens is 1. The van der Waals surface area contributed by atoms with E-state index in [0.29, 0.717) is 23.1 Å². The molecule has 3 rings (SSSR count). The molecule has 0 aliphatic rings. The number of nitrogens with zero attached hydrogens (tertiary/aromatic N) is 1. The Bertz CT molecular complexity index is 822. The largest absolute Gasteiger partial charge is 0.396 e. The molecule has 0 amide bonds. The van der Waals surface area contributed by atoms with Crippen molar-refractivity contribution in [1.29, 1.82) is 0 Å². The van der Waals surface area contributed by atoms with Crippen LogP contribution in [0, 0.1) is 0 Å². The summed E-state index contributed by atoms with van der Waals surface area (Å²) in [6.07, 6.45) is 0. The molecular formula is C18H15BrClN3. The molecule has 0 unspecified atom stereocenters. The molecule has 0 aliphatic carbocycles. The van der Waals surface area contributed by atoms with Crippen molar-refractivity contribution in [3.63, 3.8) is 0 Å². The highest BCUT2D eigenvalue weighted by molar-refractivity contribution is 9.10. The molecule has 5 heteroatoms. The van der Waals surface area contributed by atoms with Crippen molar-refractivity contribution < 1.29 is 0 Å². The standard InChI is InChI=1S/C18H15BrClN3/c19-17-9-8-16(21)18(23-17)22-11-14-7-6-13(10-15(14)20)12-4-2-1-3-5-12/h1-10H,11,21H2,(H,22,23). The van der Waals surface area contributed by atoms with Crippen molar-refractivity contribution in [3.05, 3.63) is 75.9 Å². The van der Waals surface area contributed by atoms with Crippen LogP contribution in [0.4, 0.5) is 11.5 Å². The summed E-state index contributed by atoms with van der Waals surface area (Å²) in [5.74, 6) is 0.641. The summed E-state index contributed by atoms with van der Waals surface area (Å²) in [6.45, 7) is 0.557. The van der Waals surface area contributed by atoms with Crippen molar-refractivity contribution in [2.24, 2.45) is 0 Å². The molecule has 0 saturated carbocycles. The second kappa shape index (κ2) is 7.02. The van der Waals surface area contributed by atoms with Crippen LogP contribution in [-0.4, -0.2) is 4.98 Å². The Hall–Kier alpha value is -2.04. The molecule has 1 aromatic heterocycles. The van der Waals surface area contributed by atoms with Gasteiger partial charge in [-0.15, -0.1) is 0 Å². The van der Waals surface area contributed by atoms with Gasteiger partial charge in [-0.1, -0.05) is 54.1 Å². The van der Waals surface area contributed by atoms with Crippen LogP contribution in [0.15, 0.2) is 65.3 Å². The summed E-state index contributed by atoms with van der Waals surface area (Å²) >= 11 is 9.76. The molecule has 0 radical (unpaired) electrons. The lowest BCUT2D eigenvalue weighted by Crippen LogP contribution is -2.05. The minimum absolute atomic E-state index is 0.557. The molecule has 3 aromatic rings. The first-order chi connectivity index (χ1) is 11.1. The lowest BCUT2D eigenvalue weighted by atomic mass is 10.0. The fourth-order valence-electron chi connectivity index (χ4n) is 2.27. The molecular weight excluding hydrogens is 374 g/mol. The van der Waals surface area contributed by atoms with Gasteiger partial charge in [-0.2, -0.15) is 0 Å². The van der Waals surface area contributed by atoms with Gasteiger partial charge in [0.15, 0.2) is 5.82 Å². The number of nitrogen functional groups attached to an aromatic ring is 1. The van der Waals surface area contributed by atoms with Crippen LogP contribution in [-0.2, 0) is 6.54 Å². The van der Waals surface area contributed by atoms with Crippen molar-refractivity contribution in [2.75, 3.05) is 11.1 Å². The number of nitrogens with two attached hydrogens (primary N) is 1. The van der Waals surface area contributed by atoms with Crippen LogP contribution in [0.2, 0.25) is 5.02 Å². The van der Waals surface area contributed by atoms with Gasteiger partial charge in [0, 0.05) is 11.6 Å². The van der Waals surface area contributed by atoms with E-state index in [-0.39, 0.29) is 0 Å². The van der Waals surface area contributed by atoms with Gasteiger partial charge in [-0.3, -0.25) is 0 Å². The third-order valence-electron chi connectivity index (χ3n) is 3.50. The number of pyridine rings is 1. The van der Waals surface area contributed by atoms with E-state index in [2.05, 4.69) is 44.4 Å². The summed E-state index contributed by atoms with van der Waals surface area (Å²) in [6, 6.07) is 19.8. The highest BCUT2D eigenvalue weighted by atomic mass is 79.9. The van der Waals surface area contributed by atoms with Gasteiger partial charge < -0.3 is 11.1 Å². The van der Waals surface area contributed by atoms with E-state index in [1.807, 2.05) is 36.4 Å². The Kier molecular flexibility index (Phi) is 4.84. The predicted octanol–water partition coefficient (Wildman–Crippen LogP) is 5.36. The number of rotatable bonds is 4. The molecule has 0 fully saturated rings. The van der Waals surface area contributed by atoms with E-state index in [0.717, 1.165) is 21.3 Å². The van der Waals surface area contributed by atoms with Crippen molar-refractivity contribution in [3.8, 4) is 11.1 Å². The topological polar surface area (TPSA) is 50.9 Å². The fraction of sp³-hybridized carbons (Fsp3) is 0.0556. The monoisotopic (exact) mass is 387 g/mol. The molecule has 3 nitrogen and oxygen atoms in total. The lowest BCUT2D eigenvalue weighted by Gasteiger charge is -2.11. The average molecular weight is 389 g/mol. The molecule has 1 heterocycles. The van der Waals surface area contributed by atoms with Crippen molar-refractivity contribution >= 4 is 39.0 Å². The molecule has 23 heavy (non-hydrogen) atoms. The maximum Gasteiger partial charge on any atom is 0.150 e. The van der Waals surface area contributed by atoms with Crippen LogP contribution in [0.1, 0.15) is 5.56 Å². The van der Waals surface area contributed by atoms with E-state index in [1.54, 1.807) is 6.07 Å². The van der Waals surface area contributed by atoms with Gasteiger partial charge in [-0.25, -0.2) is 4.98 Å². The van der Waals surface area contributed by atoms with E-state index in [4.69, 9.17) is 17.3 Å². The first kappa shape index (κ1) is 15.8. The highest BCUT2D eigenvalue weighted by Crippen LogP contribution is 2.27. The van der Waals surface area contributed by atoms with Crippen molar-refractivity contribution in [2.45, 2.75) is 6.54 Å². The first-order valence-electron chi connectivity index (χ1n) is 7.13. The van der Waals surface area contributed by atoms with E-state index < -0.39 is 0 Å². The second-order valence-corrected chi connectivity index (χ2v) is 6.32. The maximum atomic E-state index is 6.42. The smallest absolute Gasteiger partial charge is 0.150 e. The van der Waals surface area contributed by atoms with Crippen LogP contribution >= 0.6 is 27.5 Å². The van der Waals surface area contributed by atoms with E-state index in [9.17, 15) is 0 Å². The lowest BCUT2D eigenvalue weighted by molar-refractivity contribution is 1.11. The summed E-state index contributed by atoms with van der Waals surface area (Å²) in [5.41, 5.74) is 9.75. The Labute approximate surface area is 148 Å². The van der Waals surface area contributed by atoms with Gasteiger partial charge in [0.1, 0.15) is 4.60 Å². The van der Waals surface area contributed by atoms with E-state index >= 15 is 0 Å². The van der Waals surface area contributed by atoms with Crippen LogP contribution in [0.5, 0.6) is 0 Å². The van der Waals surface area contributed by atoms with Gasteiger partial charge in [0.2, 0.25) is 0 Å². The van der Waals surface area contributed by atoms with Crippen molar-refractivity contribution in [1.82, 2.24) is 4.98 Å². The second-order valence-electron chi connectivity index (χ2n) is 5.10. The first-order valence-corrected chi connectivity index (χ1v) is 8.30. The summed E-state index contributed by atoms with van der Waals surface area (Å²) in [4.78, 5) is 4.32. The van der Waals surface area contributed by atoms with Gasteiger partial charge in [0.25, 0.3) is 0 Å². The summed E-state index contributed by atoms with van der Waals surface area (Å²) in [5, 5.41) is 3.93. The third kappa shape index (κ3) is 3.84. The molecule has 116 valence electrons. The molecule has 0 saturated heterocycles. The van der Waals surface area contributed by atoms with E-state index in [1.165, 1.54) is 0 Å². The number of nitrogens with one attached hydrogen (secondary N) is 1. The summed E-state index contributed by atoms with van der Waals surface area (Å²) in [7, 11) is 0. The molecule has 2 aromatic carbocycles. The van der Waals surface area contributed by atoms with Gasteiger partial charge in [0.05, 0.1) is 5.69 Å². The molecule has 0 atom stereocenters. The fourth-order valence-corrected chi connectivity index (χ4v) is 2.82. The Balaban J connectivity index is 1.78. The maximum absolute atomic E-state index is 6.42. The van der Waals surface area contributed by atoms with Crippen LogP contribution < -0.4 is 11.1 Å². The zero-order valence-corrected chi connectivity index (χ0v) is 14.6. The van der Waals surface area contributed by atoms with Gasteiger partial charge >= 0.3 is 0 Å². The number of benzene rings is 2. The minimum atomic E-state index is 0.557. The number of hydrogen-bond acceptors (Lipinski definition) is 3. The number of hydrogen-bond donors (Lipinski definition) is 2. The Morgan fingerprint density at radius 2 is 1.78 bits per heavy atom. The van der Waals surface area contributed by atoms with Gasteiger partial charge in [-0.05, 0) is 50.8 Å². The quantitative estimate of drug-likeness (QED) is 0.592. The van der Waals surface area contributed by atoms with Crippen LogP contribution in [0.25, 0.3) is 11.1 Å². The predicted molar refractivity (Wildman–Crippen MR) is 101 cm³/mol. The normalized spacial score (nSPS) is 10.5. The zero-order valence-electron chi connectivity index (χ0n) is 12.3. The Morgan fingerprint density at radius 1 is 1.00 bits per heavy atom. The zero-order chi connectivity index (χ0) is 16.2. The number of anilines is 2. The molecule has 3 N–H and O–H groups in total. The Morgan fingerprint density at radius 3 is 2.52 bits per heavy atom. The SMILES string of the molecule is Nc1ccc(Br)nc1NCc1ccc(-c2ccccc2)cc1Cl. The summed E-state index contributed by atoms with van der Waals surface area (Å²) < 4.78 is 0.736. The molecule has 0 spiro atoms. The minimum Gasteiger partial charge on any atom is -0.396 e. The third-order valence-corrected chi connectivity index (χ3v) is 4.29.